The number of aryl methyl sites for hydroxylation is 1. The van der Waals surface area contributed by atoms with Gasteiger partial charge >= 0.3 is 0 Å². The second-order valence-corrected chi connectivity index (χ2v) is 7.07. The maximum Gasteiger partial charge on any atom is 0.175 e. The van der Waals surface area contributed by atoms with Crippen LogP contribution in [0.5, 0.6) is 0 Å². The predicted octanol–water partition coefficient (Wildman–Crippen LogP) is 2.54. The monoisotopic (exact) mass is 305 g/mol. The van der Waals surface area contributed by atoms with E-state index in [0.29, 0.717) is 12.1 Å². The maximum atomic E-state index is 11.4. The fourth-order valence-corrected chi connectivity index (χ4v) is 2.66. The minimum absolute atomic E-state index is 0.255. The summed E-state index contributed by atoms with van der Waals surface area (Å²) in [6.07, 6.45) is 0.469. The first-order valence-corrected chi connectivity index (χ1v) is 8.54. The van der Waals surface area contributed by atoms with Gasteiger partial charge in [-0.05, 0) is 36.2 Å². The van der Waals surface area contributed by atoms with Gasteiger partial charge in [0.05, 0.1) is 11.0 Å². The highest BCUT2D eigenvalue weighted by Gasteiger charge is 2.11. The van der Waals surface area contributed by atoms with Crippen LogP contribution in [0.15, 0.2) is 53.4 Å². The van der Waals surface area contributed by atoms with Crippen molar-refractivity contribution >= 4 is 15.5 Å². The molecule has 0 spiro atoms. The van der Waals surface area contributed by atoms with Crippen LogP contribution in [-0.4, -0.2) is 26.3 Å². The van der Waals surface area contributed by atoms with Crippen molar-refractivity contribution in [3.05, 3.63) is 59.7 Å². The molecule has 2 rings (SSSR count). The van der Waals surface area contributed by atoms with Crippen molar-refractivity contribution in [2.45, 2.75) is 17.9 Å². The van der Waals surface area contributed by atoms with Crippen LogP contribution in [0.25, 0.3) is 0 Å². The van der Waals surface area contributed by atoms with Crippen molar-refractivity contribution in [2.75, 3.05) is 18.1 Å². The summed E-state index contributed by atoms with van der Waals surface area (Å²) in [6.45, 7) is 2.36. The van der Waals surface area contributed by atoms with Crippen molar-refractivity contribution in [3.63, 3.8) is 0 Å². The number of hydrogen-bond donors (Lipinski definition) is 2. The summed E-state index contributed by atoms with van der Waals surface area (Å²) in [5, 5.41) is 13.3. The topological polar surface area (TPSA) is 66.4 Å². The van der Waals surface area contributed by atoms with Crippen molar-refractivity contribution in [2.24, 2.45) is 0 Å². The van der Waals surface area contributed by atoms with E-state index < -0.39 is 15.9 Å². The van der Waals surface area contributed by atoms with E-state index in [1.54, 1.807) is 12.1 Å². The van der Waals surface area contributed by atoms with Gasteiger partial charge in [0.15, 0.2) is 9.84 Å². The molecule has 2 N–H and O–H groups in total. The zero-order valence-electron chi connectivity index (χ0n) is 12.1. The molecule has 4 nitrogen and oxygen atoms in total. The number of aliphatic hydroxyl groups excluding tert-OH is 1. The Kier molecular flexibility index (Phi) is 4.65. The van der Waals surface area contributed by atoms with E-state index in [1.807, 2.05) is 31.2 Å². The number of nitrogens with one attached hydrogen (secondary N) is 1. The molecule has 2 aromatic carbocycles. The van der Waals surface area contributed by atoms with Crippen LogP contribution < -0.4 is 5.32 Å². The van der Waals surface area contributed by atoms with Crippen LogP contribution in [0.1, 0.15) is 17.2 Å². The smallest absolute Gasteiger partial charge is 0.175 e. The Hall–Kier alpha value is -1.85. The first kappa shape index (κ1) is 15.5. The predicted molar refractivity (Wildman–Crippen MR) is 84.2 cm³/mol. The molecular formula is C16H19NO3S. The lowest BCUT2D eigenvalue weighted by molar-refractivity contribution is 0.191. The van der Waals surface area contributed by atoms with Crippen LogP contribution in [-0.2, 0) is 9.84 Å². The number of anilines is 1. The molecule has 0 aliphatic rings. The lowest BCUT2D eigenvalue weighted by Gasteiger charge is -2.15. The van der Waals surface area contributed by atoms with E-state index in [0.717, 1.165) is 17.5 Å². The first-order valence-electron chi connectivity index (χ1n) is 6.65. The highest BCUT2D eigenvalue weighted by molar-refractivity contribution is 7.90. The van der Waals surface area contributed by atoms with Crippen LogP contribution in [0.2, 0.25) is 0 Å². The first-order chi connectivity index (χ1) is 9.88. The third-order valence-electron chi connectivity index (χ3n) is 3.32. The third kappa shape index (κ3) is 4.06. The zero-order chi connectivity index (χ0) is 15.5. The van der Waals surface area contributed by atoms with Gasteiger partial charge < -0.3 is 10.4 Å². The molecule has 0 fully saturated rings. The minimum Gasteiger partial charge on any atom is -0.387 e. The molecule has 0 bridgehead atoms. The number of sulfone groups is 1. The van der Waals surface area contributed by atoms with Crippen molar-refractivity contribution < 1.29 is 13.5 Å². The van der Waals surface area contributed by atoms with Crippen molar-refractivity contribution in [1.29, 1.82) is 0 Å². The summed E-state index contributed by atoms with van der Waals surface area (Å²) >= 11 is 0. The Labute approximate surface area is 125 Å². The Balaban J connectivity index is 2.04. The third-order valence-corrected chi connectivity index (χ3v) is 4.45. The number of rotatable bonds is 5. The number of benzene rings is 2. The molecule has 0 saturated heterocycles. The lowest BCUT2D eigenvalue weighted by atomic mass is 10.1. The summed E-state index contributed by atoms with van der Waals surface area (Å²) < 4.78 is 22.8. The molecule has 0 aliphatic carbocycles. The second kappa shape index (κ2) is 6.28. The second-order valence-electron chi connectivity index (χ2n) is 5.05. The SMILES string of the molecule is Cc1ccccc1NCC(O)c1ccc(S(C)(=O)=O)cc1. The molecule has 0 aliphatic heterocycles. The van der Waals surface area contributed by atoms with Gasteiger partial charge in [-0.2, -0.15) is 0 Å². The highest BCUT2D eigenvalue weighted by atomic mass is 32.2. The molecule has 112 valence electrons. The van der Waals surface area contributed by atoms with E-state index >= 15 is 0 Å². The molecule has 21 heavy (non-hydrogen) atoms. The molecule has 1 unspecified atom stereocenters. The fourth-order valence-electron chi connectivity index (χ4n) is 2.03. The van der Waals surface area contributed by atoms with E-state index in [9.17, 15) is 13.5 Å². The molecule has 0 saturated carbocycles. The number of aliphatic hydroxyl groups is 1. The van der Waals surface area contributed by atoms with E-state index in [-0.39, 0.29) is 4.90 Å². The fraction of sp³-hybridized carbons (Fsp3) is 0.250. The van der Waals surface area contributed by atoms with Gasteiger partial charge in [0, 0.05) is 18.5 Å². The number of para-hydroxylation sites is 1. The zero-order valence-corrected chi connectivity index (χ0v) is 12.9. The van der Waals surface area contributed by atoms with Crippen LogP contribution >= 0.6 is 0 Å². The van der Waals surface area contributed by atoms with Gasteiger partial charge in [0.25, 0.3) is 0 Å². The normalized spacial score (nSPS) is 12.9. The largest absolute Gasteiger partial charge is 0.387 e. The summed E-state index contributed by atoms with van der Waals surface area (Å²) in [7, 11) is -3.20. The minimum atomic E-state index is -3.20. The van der Waals surface area contributed by atoms with Gasteiger partial charge in [0.1, 0.15) is 0 Å². The highest BCUT2D eigenvalue weighted by Crippen LogP contribution is 2.19. The molecule has 2 aromatic rings. The van der Waals surface area contributed by atoms with Crippen LogP contribution in [0, 0.1) is 6.92 Å². The summed E-state index contributed by atoms with van der Waals surface area (Å²) in [6, 6.07) is 14.2. The Bertz CT molecular complexity index is 709. The molecule has 0 amide bonds. The molecule has 5 heteroatoms. The molecule has 0 radical (unpaired) electrons. The van der Waals surface area contributed by atoms with Gasteiger partial charge in [0.2, 0.25) is 0 Å². The van der Waals surface area contributed by atoms with Crippen LogP contribution in [0.4, 0.5) is 5.69 Å². The molecule has 0 heterocycles. The average Bonchev–Trinajstić information content (AvgIpc) is 2.45. The summed E-state index contributed by atoms with van der Waals surface area (Å²) in [4.78, 5) is 0.255. The van der Waals surface area contributed by atoms with E-state index in [4.69, 9.17) is 0 Å². The number of hydrogen-bond acceptors (Lipinski definition) is 4. The standard InChI is InChI=1S/C16H19NO3S/c1-12-5-3-4-6-15(12)17-11-16(18)13-7-9-14(10-8-13)21(2,19)20/h3-10,16-18H,11H2,1-2H3. The van der Waals surface area contributed by atoms with Gasteiger partial charge in [-0.15, -0.1) is 0 Å². The summed E-state index contributed by atoms with van der Waals surface area (Å²) in [5.41, 5.74) is 2.77. The quantitative estimate of drug-likeness (QED) is 0.891. The Morgan fingerprint density at radius 3 is 2.29 bits per heavy atom. The van der Waals surface area contributed by atoms with Gasteiger partial charge in [-0.25, -0.2) is 8.42 Å². The Morgan fingerprint density at radius 2 is 1.71 bits per heavy atom. The average molecular weight is 305 g/mol. The lowest BCUT2D eigenvalue weighted by Crippen LogP contribution is -2.13. The summed E-state index contributed by atoms with van der Waals surface area (Å²) in [5.74, 6) is 0. The van der Waals surface area contributed by atoms with Crippen LogP contribution in [0.3, 0.4) is 0 Å². The molecule has 0 aromatic heterocycles. The van der Waals surface area contributed by atoms with E-state index in [1.165, 1.54) is 12.1 Å². The van der Waals surface area contributed by atoms with E-state index in [2.05, 4.69) is 5.32 Å². The Morgan fingerprint density at radius 1 is 1.10 bits per heavy atom. The van der Waals surface area contributed by atoms with Gasteiger partial charge in [-0.3, -0.25) is 0 Å². The van der Waals surface area contributed by atoms with Crippen molar-refractivity contribution in [3.8, 4) is 0 Å². The molecule has 1 atom stereocenters. The molecular weight excluding hydrogens is 286 g/mol. The maximum absolute atomic E-state index is 11.4. The van der Waals surface area contributed by atoms with Crippen molar-refractivity contribution in [1.82, 2.24) is 0 Å². The van der Waals surface area contributed by atoms with Gasteiger partial charge in [-0.1, -0.05) is 30.3 Å².